The average Bonchev–Trinajstić information content (AvgIpc) is 3.42. The van der Waals surface area contributed by atoms with Crippen LogP contribution in [0.5, 0.6) is 0 Å². The maximum absolute atomic E-state index is 13.1. The van der Waals surface area contributed by atoms with E-state index in [1.165, 1.54) is 12.0 Å². The number of Topliss-reactive ketones (excluding diaryl/α,β-unsaturated/α-hetero) is 2. The van der Waals surface area contributed by atoms with Gasteiger partial charge in [-0.3, -0.25) is 9.59 Å². The van der Waals surface area contributed by atoms with Crippen molar-refractivity contribution in [3.8, 4) is 11.3 Å². The molecule has 9 nitrogen and oxygen atoms in total. The van der Waals surface area contributed by atoms with Gasteiger partial charge in [-0.15, -0.1) is 0 Å². The first-order valence-corrected chi connectivity index (χ1v) is 13.5. The first-order valence-electron chi connectivity index (χ1n) is 13.5. The monoisotopic (exact) mass is 524 g/mol. The van der Waals surface area contributed by atoms with Crippen molar-refractivity contribution < 1.29 is 24.2 Å². The highest BCUT2D eigenvalue weighted by molar-refractivity contribution is 6.38. The molecule has 38 heavy (non-hydrogen) atoms. The number of unbranched alkanes of at least 4 members (excludes halogenated alkanes) is 2. The molecule has 1 aliphatic heterocycles. The lowest BCUT2D eigenvalue weighted by Gasteiger charge is -2.37. The summed E-state index contributed by atoms with van der Waals surface area (Å²) < 4.78 is 4.74. The maximum atomic E-state index is 13.1. The van der Waals surface area contributed by atoms with E-state index in [2.05, 4.69) is 9.97 Å². The highest BCUT2D eigenvalue weighted by atomic mass is 16.5. The number of rotatable bonds is 14. The van der Waals surface area contributed by atoms with Gasteiger partial charge in [0.2, 0.25) is 0 Å². The van der Waals surface area contributed by atoms with Gasteiger partial charge in [-0.05, 0) is 31.2 Å². The zero-order valence-electron chi connectivity index (χ0n) is 22.5. The van der Waals surface area contributed by atoms with Crippen LogP contribution in [0.25, 0.3) is 11.3 Å². The fourth-order valence-electron chi connectivity index (χ4n) is 4.90. The van der Waals surface area contributed by atoms with Crippen LogP contribution in [0, 0.1) is 5.41 Å². The lowest BCUT2D eigenvalue weighted by Crippen LogP contribution is -2.48. The number of ketones is 2. The van der Waals surface area contributed by atoms with Crippen LogP contribution in [-0.2, 0) is 14.3 Å². The van der Waals surface area contributed by atoms with Crippen LogP contribution in [-0.4, -0.2) is 69.1 Å². The topological polar surface area (TPSA) is 136 Å². The molecule has 1 amide bonds. The van der Waals surface area contributed by atoms with Gasteiger partial charge in [0.25, 0.3) is 0 Å². The van der Waals surface area contributed by atoms with Crippen molar-refractivity contribution in [2.75, 3.05) is 20.2 Å². The number of methoxy groups -OCH3 is 1. The Balaban J connectivity index is 1.62. The van der Waals surface area contributed by atoms with E-state index >= 15 is 0 Å². The van der Waals surface area contributed by atoms with Crippen molar-refractivity contribution >= 4 is 23.4 Å². The predicted octanol–water partition coefficient (Wildman–Crippen LogP) is 5.05. The van der Waals surface area contributed by atoms with Crippen LogP contribution >= 0.6 is 0 Å². The molecular formula is C29H40N4O5. The Morgan fingerprint density at radius 3 is 2.53 bits per heavy atom. The molecule has 1 aromatic carbocycles. The number of ether oxygens (including phenoxy) is 1. The Bertz CT molecular complexity index is 1090. The minimum Gasteiger partial charge on any atom is -0.453 e. The zero-order chi connectivity index (χ0) is 27.5. The lowest BCUT2D eigenvalue weighted by atomic mass is 9.84. The Hall–Kier alpha value is -3.33. The summed E-state index contributed by atoms with van der Waals surface area (Å²) in [4.78, 5) is 46.0. The summed E-state index contributed by atoms with van der Waals surface area (Å²) in [5.41, 5.74) is 0.576. The molecule has 0 aliphatic carbocycles. The van der Waals surface area contributed by atoms with E-state index in [9.17, 15) is 19.5 Å². The second kappa shape index (κ2) is 14.0. The van der Waals surface area contributed by atoms with Gasteiger partial charge < -0.3 is 25.1 Å². The number of hydrogen-bond acceptors (Lipinski definition) is 7. The number of benzene rings is 1. The van der Waals surface area contributed by atoms with Gasteiger partial charge in [-0.1, -0.05) is 50.1 Å². The number of aromatic nitrogens is 2. The van der Waals surface area contributed by atoms with E-state index in [1.54, 1.807) is 6.20 Å². The van der Waals surface area contributed by atoms with E-state index < -0.39 is 11.7 Å². The Kier molecular flexibility index (Phi) is 10.8. The number of amides is 1. The summed E-state index contributed by atoms with van der Waals surface area (Å²) in [6.07, 6.45) is 6.39. The number of likely N-dealkylation sites (tertiary alicyclic amines) is 1. The molecule has 1 saturated heterocycles. The molecule has 9 heteroatoms. The van der Waals surface area contributed by atoms with Gasteiger partial charge >= 0.3 is 6.09 Å². The van der Waals surface area contributed by atoms with E-state index in [1.807, 2.05) is 37.3 Å². The fourth-order valence-corrected chi connectivity index (χ4v) is 4.90. The molecule has 3 rings (SSSR count). The summed E-state index contributed by atoms with van der Waals surface area (Å²) >= 11 is 0. The molecule has 1 fully saturated rings. The summed E-state index contributed by atoms with van der Waals surface area (Å²) in [6, 6.07) is 9.84. The lowest BCUT2D eigenvalue weighted by molar-refractivity contribution is -0.118. The highest BCUT2D eigenvalue weighted by Crippen LogP contribution is 2.30. The number of piperidine rings is 1. The van der Waals surface area contributed by atoms with Gasteiger partial charge in [-0.25, -0.2) is 9.78 Å². The van der Waals surface area contributed by atoms with Crippen LogP contribution in [0.3, 0.4) is 0 Å². The average molecular weight is 525 g/mol. The minimum atomic E-state index is -1.19. The molecule has 0 unspecified atom stereocenters. The standard InChI is InChI=1S/C29H40N4O5/c1-3-23(34)13-9-5-8-12-22(27-31-20-25(32-27)21-10-6-4-7-11-21)18-26(35)24(30)19-29(37)14-16-33(17-15-29)28(36)38-2/h4,6-7,10-11,20,22,30,37H,3,5,8-9,12-19H2,1-2H3,(H,31,32)/t22-/m1/s1. The minimum absolute atomic E-state index is 0.0416. The third kappa shape index (κ3) is 8.34. The van der Waals surface area contributed by atoms with Crippen LogP contribution in [0.15, 0.2) is 36.5 Å². The van der Waals surface area contributed by atoms with Crippen molar-refractivity contribution in [2.45, 2.75) is 82.7 Å². The van der Waals surface area contributed by atoms with E-state index in [4.69, 9.17) is 10.1 Å². The van der Waals surface area contributed by atoms with Crippen molar-refractivity contribution in [3.05, 3.63) is 42.4 Å². The second-order valence-electron chi connectivity index (χ2n) is 10.2. The molecule has 2 heterocycles. The summed E-state index contributed by atoms with van der Waals surface area (Å²) in [6.45, 7) is 2.52. The summed E-state index contributed by atoms with van der Waals surface area (Å²) in [5.74, 6) is 0.467. The molecule has 0 radical (unpaired) electrons. The molecule has 0 spiro atoms. The molecule has 1 aromatic heterocycles. The molecule has 0 saturated carbocycles. The van der Waals surface area contributed by atoms with Crippen LogP contribution in [0.1, 0.15) is 82.9 Å². The number of nitrogens with zero attached hydrogens (tertiary/aromatic N) is 2. The van der Waals surface area contributed by atoms with Crippen LogP contribution in [0.2, 0.25) is 0 Å². The van der Waals surface area contributed by atoms with Crippen LogP contribution in [0.4, 0.5) is 4.79 Å². The van der Waals surface area contributed by atoms with Gasteiger partial charge in [0.1, 0.15) is 11.6 Å². The van der Waals surface area contributed by atoms with Gasteiger partial charge in [0.15, 0.2) is 5.78 Å². The number of imidazole rings is 1. The normalized spacial score (nSPS) is 15.6. The Labute approximate surface area is 224 Å². The number of H-pyrrole nitrogens is 1. The van der Waals surface area contributed by atoms with Gasteiger partial charge in [-0.2, -0.15) is 0 Å². The van der Waals surface area contributed by atoms with E-state index in [0.717, 1.165) is 30.5 Å². The number of nitrogens with one attached hydrogen (secondary N) is 2. The third-order valence-electron chi connectivity index (χ3n) is 7.37. The fraction of sp³-hybridized carbons (Fsp3) is 0.552. The van der Waals surface area contributed by atoms with Gasteiger partial charge in [0, 0.05) is 44.7 Å². The summed E-state index contributed by atoms with van der Waals surface area (Å²) in [5, 5.41) is 19.4. The van der Waals surface area contributed by atoms with Crippen LogP contribution < -0.4 is 0 Å². The van der Waals surface area contributed by atoms with Crippen molar-refractivity contribution in [1.29, 1.82) is 5.41 Å². The Morgan fingerprint density at radius 2 is 1.87 bits per heavy atom. The molecule has 1 atom stereocenters. The van der Waals surface area contributed by atoms with Crippen molar-refractivity contribution in [2.24, 2.45) is 0 Å². The van der Waals surface area contributed by atoms with Crippen molar-refractivity contribution in [3.63, 3.8) is 0 Å². The first kappa shape index (κ1) is 29.2. The number of carbonyl (C=O) groups excluding carboxylic acids is 3. The molecular weight excluding hydrogens is 484 g/mol. The number of hydrogen-bond donors (Lipinski definition) is 3. The molecule has 3 N–H and O–H groups in total. The van der Waals surface area contributed by atoms with E-state index in [-0.39, 0.29) is 48.9 Å². The Morgan fingerprint density at radius 1 is 1.16 bits per heavy atom. The smallest absolute Gasteiger partial charge is 0.409 e. The molecule has 1 aliphatic rings. The van der Waals surface area contributed by atoms with Gasteiger partial charge in [0.05, 0.1) is 30.3 Å². The first-order chi connectivity index (χ1) is 18.2. The molecule has 0 bridgehead atoms. The number of aromatic amines is 1. The van der Waals surface area contributed by atoms with E-state index in [0.29, 0.717) is 38.2 Å². The zero-order valence-corrected chi connectivity index (χ0v) is 22.5. The third-order valence-corrected chi connectivity index (χ3v) is 7.37. The number of aliphatic hydroxyl groups is 1. The molecule has 206 valence electrons. The van der Waals surface area contributed by atoms with Crippen molar-refractivity contribution in [1.82, 2.24) is 14.9 Å². The highest BCUT2D eigenvalue weighted by Gasteiger charge is 2.36. The second-order valence-corrected chi connectivity index (χ2v) is 10.2. The predicted molar refractivity (Wildman–Crippen MR) is 145 cm³/mol. The SMILES string of the molecule is CCC(=O)CCCCC[C@H](CC(=O)C(=N)CC1(O)CCN(C(=O)OC)CC1)c1ncc(-c2ccccc2)[nH]1. The molecule has 2 aromatic rings. The number of carbonyl (C=O) groups is 3. The quantitative estimate of drug-likeness (QED) is 0.234. The maximum Gasteiger partial charge on any atom is 0.409 e. The summed E-state index contributed by atoms with van der Waals surface area (Å²) in [7, 11) is 1.32. The largest absolute Gasteiger partial charge is 0.453 e.